The van der Waals surface area contributed by atoms with Crippen LogP contribution in [0.3, 0.4) is 0 Å². The molecule has 3 unspecified atom stereocenters. The van der Waals surface area contributed by atoms with E-state index in [0.717, 1.165) is 11.1 Å². The van der Waals surface area contributed by atoms with Crippen LogP contribution in [0, 0.1) is 0 Å². The summed E-state index contributed by atoms with van der Waals surface area (Å²) in [5.74, 6) is -0.582. The van der Waals surface area contributed by atoms with Crippen molar-refractivity contribution >= 4 is 5.97 Å². The van der Waals surface area contributed by atoms with Gasteiger partial charge in [0.25, 0.3) is 0 Å². The Balaban J connectivity index is 1.85. The highest BCUT2D eigenvalue weighted by atomic mass is 16.4. The van der Waals surface area contributed by atoms with Gasteiger partial charge in [-0.3, -0.25) is 4.79 Å². The smallest absolute Gasteiger partial charge is 0.319 e. The number of fused-ring (bicyclic) bond motifs is 7. The second kappa shape index (κ2) is 3.62. The first-order valence-corrected chi connectivity index (χ1v) is 8.28. The maximum atomic E-state index is 12.7. The topological polar surface area (TPSA) is 37.3 Å². The molecular formula is C22H14O2. The Morgan fingerprint density at radius 1 is 0.708 bits per heavy atom. The first-order chi connectivity index (χ1) is 11.8. The molecule has 0 amide bonds. The third-order valence-corrected chi connectivity index (χ3v) is 6.47. The van der Waals surface area contributed by atoms with Gasteiger partial charge in [0.2, 0.25) is 0 Å². The molecule has 0 fully saturated rings. The van der Waals surface area contributed by atoms with Gasteiger partial charge in [-0.25, -0.2) is 0 Å². The predicted molar refractivity (Wildman–Crippen MR) is 90.4 cm³/mol. The highest BCUT2D eigenvalue weighted by molar-refractivity contribution is 6.01. The van der Waals surface area contributed by atoms with Gasteiger partial charge in [-0.2, -0.15) is 0 Å². The molecule has 0 aromatic heterocycles. The molecule has 3 aliphatic carbocycles. The van der Waals surface area contributed by atoms with Crippen LogP contribution in [-0.4, -0.2) is 11.1 Å². The number of aliphatic carboxylic acids is 1. The number of benzene rings is 3. The van der Waals surface area contributed by atoms with E-state index in [9.17, 15) is 9.90 Å². The Kier molecular flexibility index (Phi) is 1.89. The van der Waals surface area contributed by atoms with Crippen LogP contribution >= 0.6 is 0 Å². The highest BCUT2D eigenvalue weighted by Gasteiger charge is 2.80. The van der Waals surface area contributed by atoms with Crippen LogP contribution in [0.15, 0.2) is 72.8 Å². The number of rotatable bonds is 1. The lowest BCUT2D eigenvalue weighted by molar-refractivity contribution is -0.146. The van der Waals surface area contributed by atoms with Crippen molar-refractivity contribution in [3.05, 3.63) is 106 Å². The zero-order valence-corrected chi connectivity index (χ0v) is 12.9. The third-order valence-electron chi connectivity index (χ3n) is 6.47. The Morgan fingerprint density at radius 2 is 1.21 bits per heavy atom. The zero-order chi connectivity index (χ0) is 16.1. The van der Waals surface area contributed by atoms with Crippen molar-refractivity contribution in [3.63, 3.8) is 0 Å². The Hall–Kier alpha value is -2.87. The number of carboxylic acids is 1. The maximum Gasteiger partial charge on any atom is 0.319 e. The van der Waals surface area contributed by atoms with Crippen LogP contribution in [0.4, 0.5) is 0 Å². The Bertz CT molecular complexity index is 1060. The van der Waals surface area contributed by atoms with Gasteiger partial charge in [0.05, 0.1) is 5.41 Å². The van der Waals surface area contributed by atoms with Crippen molar-refractivity contribution in [2.75, 3.05) is 0 Å². The molecule has 1 spiro atoms. The molecule has 3 atom stereocenters. The average Bonchev–Trinajstić information content (AvgIpc) is 2.78. The largest absolute Gasteiger partial charge is 0.480 e. The van der Waals surface area contributed by atoms with Crippen LogP contribution in [0.25, 0.3) is 0 Å². The van der Waals surface area contributed by atoms with E-state index in [-0.39, 0.29) is 5.92 Å². The van der Waals surface area contributed by atoms with Crippen LogP contribution < -0.4 is 0 Å². The molecule has 0 heterocycles. The van der Waals surface area contributed by atoms with Crippen molar-refractivity contribution in [2.45, 2.75) is 16.7 Å². The summed E-state index contributed by atoms with van der Waals surface area (Å²) in [6.45, 7) is 0. The molecule has 2 heteroatoms. The molecule has 3 aliphatic rings. The third kappa shape index (κ3) is 0.910. The molecule has 1 N–H and O–H groups in total. The first kappa shape index (κ1) is 12.5. The van der Waals surface area contributed by atoms with E-state index in [1.807, 2.05) is 42.5 Å². The fraction of sp³-hybridized carbons (Fsp3) is 0.136. The number of hydrogen-bond acceptors (Lipinski definition) is 1. The van der Waals surface area contributed by atoms with Crippen molar-refractivity contribution in [2.24, 2.45) is 0 Å². The molecule has 0 radical (unpaired) electrons. The van der Waals surface area contributed by atoms with E-state index in [2.05, 4.69) is 30.3 Å². The zero-order valence-electron chi connectivity index (χ0n) is 12.9. The van der Waals surface area contributed by atoms with E-state index >= 15 is 0 Å². The molecule has 114 valence electrons. The number of hydrogen-bond donors (Lipinski definition) is 1. The molecule has 0 saturated carbocycles. The molecule has 3 aromatic carbocycles. The molecule has 0 saturated heterocycles. The number of carbonyl (C=O) groups is 1. The highest BCUT2D eigenvalue weighted by Crippen LogP contribution is 2.79. The summed E-state index contributed by atoms with van der Waals surface area (Å²) in [6.07, 6.45) is 0. The van der Waals surface area contributed by atoms with Gasteiger partial charge in [-0.15, -0.1) is 0 Å². The lowest BCUT2D eigenvalue weighted by Crippen LogP contribution is -2.66. The van der Waals surface area contributed by atoms with Gasteiger partial charge in [0, 0.05) is 5.92 Å². The van der Waals surface area contributed by atoms with Gasteiger partial charge in [-0.1, -0.05) is 72.8 Å². The van der Waals surface area contributed by atoms with Crippen molar-refractivity contribution in [1.29, 1.82) is 0 Å². The summed E-state index contributed by atoms with van der Waals surface area (Å²) < 4.78 is 0. The standard InChI is InChI=1S/C22H14O2/c23-20(24)22-16-10-4-2-8-14(16)19-13-7-1-3-9-15(13)21(19,22)17-11-5-6-12-18(17)22/h1-12,19H,(H,23,24). The molecular weight excluding hydrogens is 296 g/mol. The van der Waals surface area contributed by atoms with E-state index in [1.165, 1.54) is 22.3 Å². The van der Waals surface area contributed by atoms with Crippen LogP contribution in [0.1, 0.15) is 39.3 Å². The van der Waals surface area contributed by atoms with Gasteiger partial charge in [0.15, 0.2) is 0 Å². The van der Waals surface area contributed by atoms with Crippen LogP contribution in [-0.2, 0) is 15.6 Å². The van der Waals surface area contributed by atoms with Gasteiger partial charge >= 0.3 is 5.97 Å². The molecule has 6 rings (SSSR count). The van der Waals surface area contributed by atoms with Crippen molar-refractivity contribution in [3.8, 4) is 0 Å². The van der Waals surface area contributed by atoms with Gasteiger partial charge < -0.3 is 5.11 Å². The van der Waals surface area contributed by atoms with Gasteiger partial charge in [0.1, 0.15) is 5.41 Å². The first-order valence-electron chi connectivity index (χ1n) is 8.28. The Labute approximate surface area is 139 Å². The minimum absolute atomic E-state index is 0.149. The normalized spacial score (nSPS) is 29.9. The average molecular weight is 310 g/mol. The summed E-state index contributed by atoms with van der Waals surface area (Å²) in [4.78, 5) is 12.7. The molecule has 0 bridgehead atoms. The quantitative estimate of drug-likeness (QED) is 0.742. The minimum Gasteiger partial charge on any atom is -0.480 e. The predicted octanol–water partition coefficient (Wildman–Crippen LogP) is 3.82. The molecule has 3 aromatic rings. The molecule has 2 nitrogen and oxygen atoms in total. The van der Waals surface area contributed by atoms with E-state index in [4.69, 9.17) is 0 Å². The van der Waals surface area contributed by atoms with E-state index in [0.29, 0.717) is 0 Å². The van der Waals surface area contributed by atoms with Crippen molar-refractivity contribution in [1.82, 2.24) is 0 Å². The maximum absolute atomic E-state index is 12.7. The van der Waals surface area contributed by atoms with Crippen LogP contribution in [0.2, 0.25) is 0 Å². The summed E-state index contributed by atoms with van der Waals surface area (Å²) in [7, 11) is 0. The van der Waals surface area contributed by atoms with Crippen LogP contribution in [0.5, 0.6) is 0 Å². The van der Waals surface area contributed by atoms with Gasteiger partial charge in [-0.05, 0) is 33.4 Å². The molecule has 0 aliphatic heterocycles. The second-order valence-electron chi connectivity index (χ2n) is 7.02. The van der Waals surface area contributed by atoms with Crippen molar-refractivity contribution < 1.29 is 9.90 Å². The monoisotopic (exact) mass is 310 g/mol. The summed E-state index contributed by atoms with van der Waals surface area (Å²) in [6, 6.07) is 24.6. The SMILES string of the molecule is O=C(O)C12c3ccccc3C3c4ccccc4C31c1ccccc12. The summed E-state index contributed by atoms with van der Waals surface area (Å²) in [5, 5.41) is 10.4. The minimum atomic E-state index is -0.945. The van der Waals surface area contributed by atoms with E-state index in [1.54, 1.807) is 0 Å². The summed E-state index contributed by atoms with van der Waals surface area (Å²) >= 11 is 0. The second-order valence-corrected chi connectivity index (χ2v) is 7.02. The number of carboxylic acid groups (broad SMARTS) is 1. The fourth-order valence-electron chi connectivity index (χ4n) is 5.89. The van der Waals surface area contributed by atoms with E-state index < -0.39 is 16.8 Å². The Morgan fingerprint density at radius 3 is 1.88 bits per heavy atom. The lowest BCUT2D eigenvalue weighted by atomic mass is 9.36. The lowest BCUT2D eigenvalue weighted by Gasteiger charge is -2.63. The molecule has 24 heavy (non-hydrogen) atoms. The summed E-state index contributed by atoms with van der Waals surface area (Å²) in [5.41, 5.74) is 5.38. The fourth-order valence-corrected chi connectivity index (χ4v) is 5.89.